The van der Waals surface area contributed by atoms with Crippen LogP contribution in [-0.4, -0.2) is 18.5 Å². The van der Waals surface area contributed by atoms with Gasteiger partial charge in [-0.1, -0.05) is 41.9 Å². The lowest BCUT2D eigenvalue weighted by atomic mass is 9.68. The Morgan fingerprint density at radius 2 is 1.80 bits per heavy atom. The number of nitrogens with one attached hydrogen (secondary N) is 1. The highest BCUT2D eigenvalue weighted by Crippen LogP contribution is 2.39. The Morgan fingerprint density at radius 1 is 1.12 bits per heavy atom. The molecule has 1 saturated carbocycles. The van der Waals surface area contributed by atoms with E-state index >= 15 is 0 Å². The van der Waals surface area contributed by atoms with E-state index in [-0.39, 0.29) is 29.8 Å². The minimum atomic E-state index is -0.0289. The van der Waals surface area contributed by atoms with Crippen LogP contribution in [0.1, 0.15) is 41.6 Å². The smallest absolute Gasteiger partial charge is 0.251 e. The minimum absolute atomic E-state index is 0. The van der Waals surface area contributed by atoms with Crippen LogP contribution in [-0.2, 0) is 5.41 Å². The Balaban J connectivity index is 0.00000225. The predicted octanol–water partition coefficient (Wildman–Crippen LogP) is 4.33. The zero-order valence-corrected chi connectivity index (χ0v) is 15.7. The zero-order valence-electron chi connectivity index (χ0n) is 14.1. The predicted molar refractivity (Wildman–Crippen MR) is 106 cm³/mol. The van der Waals surface area contributed by atoms with Crippen LogP contribution in [0.4, 0.5) is 0 Å². The maximum atomic E-state index is 12.3. The molecule has 1 aliphatic carbocycles. The number of carbonyl (C=O) groups is 1. The van der Waals surface area contributed by atoms with E-state index in [0.717, 1.165) is 30.7 Å². The van der Waals surface area contributed by atoms with E-state index in [1.54, 1.807) is 0 Å². The molecule has 3 rings (SSSR count). The van der Waals surface area contributed by atoms with Gasteiger partial charge in [0.2, 0.25) is 0 Å². The van der Waals surface area contributed by atoms with Crippen molar-refractivity contribution in [1.29, 1.82) is 0 Å². The maximum Gasteiger partial charge on any atom is 0.251 e. The first-order valence-electron chi connectivity index (χ1n) is 8.45. The van der Waals surface area contributed by atoms with Crippen molar-refractivity contribution in [2.45, 2.75) is 37.1 Å². The lowest BCUT2D eigenvalue weighted by Crippen LogP contribution is -2.45. The molecule has 0 spiro atoms. The van der Waals surface area contributed by atoms with E-state index in [1.807, 2.05) is 48.5 Å². The van der Waals surface area contributed by atoms with Gasteiger partial charge in [-0.2, -0.15) is 0 Å². The fourth-order valence-electron chi connectivity index (χ4n) is 3.60. The molecule has 1 aliphatic rings. The van der Waals surface area contributed by atoms with Crippen LogP contribution in [0.3, 0.4) is 0 Å². The summed E-state index contributed by atoms with van der Waals surface area (Å²) in [6.07, 6.45) is 3.79. The molecule has 3 nitrogen and oxygen atoms in total. The first-order chi connectivity index (χ1) is 11.6. The fourth-order valence-corrected chi connectivity index (χ4v) is 3.79. The fraction of sp³-hybridized carbons (Fsp3) is 0.350. The molecular formula is C20H24Cl2N2O. The normalized spacial score (nSPS) is 22.7. The SMILES string of the molecule is Cl.NCC1(c2cccc(Cl)c2)CCC(NC(=O)c2ccccc2)CC1. The molecule has 0 heterocycles. The molecule has 0 aliphatic heterocycles. The number of hydrogen-bond acceptors (Lipinski definition) is 2. The van der Waals surface area contributed by atoms with E-state index in [9.17, 15) is 4.79 Å². The maximum absolute atomic E-state index is 12.3. The van der Waals surface area contributed by atoms with E-state index in [0.29, 0.717) is 12.1 Å². The first-order valence-corrected chi connectivity index (χ1v) is 8.83. The van der Waals surface area contributed by atoms with Gasteiger partial charge in [0.05, 0.1) is 0 Å². The molecule has 134 valence electrons. The van der Waals surface area contributed by atoms with Crippen molar-refractivity contribution in [3.63, 3.8) is 0 Å². The van der Waals surface area contributed by atoms with Crippen molar-refractivity contribution in [3.05, 3.63) is 70.7 Å². The lowest BCUT2D eigenvalue weighted by molar-refractivity contribution is 0.0918. The average molecular weight is 379 g/mol. The van der Waals surface area contributed by atoms with Gasteiger partial charge in [-0.25, -0.2) is 0 Å². The molecule has 3 N–H and O–H groups in total. The molecule has 2 aromatic carbocycles. The molecule has 0 bridgehead atoms. The van der Waals surface area contributed by atoms with Gasteiger partial charge in [-0.15, -0.1) is 12.4 Å². The summed E-state index contributed by atoms with van der Waals surface area (Å²) in [7, 11) is 0. The van der Waals surface area contributed by atoms with Crippen molar-refractivity contribution in [3.8, 4) is 0 Å². The molecule has 0 atom stereocenters. The van der Waals surface area contributed by atoms with Crippen molar-refractivity contribution in [1.82, 2.24) is 5.32 Å². The number of carbonyl (C=O) groups excluding carboxylic acids is 1. The van der Waals surface area contributed by atoms with Gasteiger partial charge < -0.3 is 11.1 Å². The van der Waals surface area contributed by atoms with Gasteiger partial charge >= 0.3 is 0 Å². The van der Waals surface area contributed by atoms with Crippen LogP contribution < -0.4 is 11.1 Å². The third-order valence-electron chi connectivity index (χ3n) is 5.14. The number of rotatable bonds is 4. The number of halogens is 2. The van der Waals surface area contributed by atoms with Gasteiger partial charge in [0.15, 0.2) is 0 Å². The van der Waals surface area contributed by atoms with Crippen LogP contribution >= 0.6 is 24.0 Å². The summed E-state index contributed by atoms with van der Waals surface area (Å²) in [6.45, 7) is 0.604. The third-order valence-corrected chi connectivity index (χ3v) is 5.38. The van der Waals surface area contributed by atoms with Gasteiger partial charge in [0.1, 0.15) is 0 Å². The molecule has 2 aromatic rings. The molecule has 1 amide bonds. The molecule has 0 unspecified atom stereocenters. The van der Waals surface area contributed by atoms with Gasteiger partial charge in [0, 0.05) is 28.6 Å². The van der Waals surface area contributed by atoms with Crippen molar-refractivity contribution >= 4 is 29.9 Å². The molecule has 0 radical (unpaired) electrons. The second-order valence-corrected chi connectivity index (χ2v) is 7.04. The summed E-state index contributed by atoms with van der Waals surface area (Å²) in [5, 5.41) is 3.90. The first kappa shape index (κ1) is 19.8. The highest BCUT2D eigenvalue weighted by Gasteiger charge is 2.36. The summed E-state index contributed by atoms with van der Waals surface area (Å²) in [5.74, 6) is 0.00334. The molecule has 25 heavy (non-hydrogen) atoms. The van der Waals surface area contributed by atoms with Crippen LogP contribution in [0.5, 0.6) is 0 Å². The number of benzene rings is 2. The molecular weight excluding hydrogens is 355 g/mol. The number of nitrogens with two attached hydrogens (primary N) is 1. The lowest BCUT2D eigenvalue weighted by Gasteiger charge is -2.40. The molecule has 5 heteroatoms. The Hall–Kier alpha value is -1.55. The summed E-state index contributed by atoms with van der Waals surface area (Å²) in [6, 6.07) is 17.6. The van der Waals surface area contributed by atoms with Crippen LogP contribution in [0, 0.1) is 0 Å². The van der Waals surface area contributed by atoms with Crippen LogP contribution in [0.25, 0.3) is 0 Å². The Labute approximate surface area is 160 Å². The highest BCUT2D eigenvalue weighted by atomic mass is 35.5. The highest BCUT2D eigenvalue weighted by molar-refractivity contribution is 6.30. The number of hydrogen-bond donors (Lipinski definition) is 2. The number of amides is 1. The van der Waals surface area contributed by atoms with Gasteiger partial charge in [-0.3, -0.25) is 4.79 Å². The van der Waals surface area contributed by atoms with Gasteiger partial charge in [-0.05, 0) is 55.5 Å². The summed E-state index contributed by atoms with van der Waals surface area (Å²) < 4.78 is 0. The quantitative estimate of drug-likeness (QED) is 0.831. The summed E-state index contributed by atoms with van der Waals surface area (Å²) in [4.78, 5) is 12.3. The van der Waals surface area contributed by atoms with Crippen molar-refractivity contribution < 1.29 is 4.79 Å². The summed E-state index contributed by atoms with van der Waals surface area (Å²) >= 11 is 6.15. The average Bonchev–Trinajstić information content (AvgIpc) is 2.63. The third kappa shape index (κ3) is 4.55. The van der Waals surface area contributed by atoms with Crippen LogP contribution in [0.2, 0.25) is 5.02 Å². The van der Waals surface area contributed by atoms with E-state index in [2.05, 4.69) is 11.4 Å². The monoisotopic (exact) mass is 378 g/mol. The van der Waals surface area contributed by atoms with E-state index < -0.39 is 0 Å². The standard InChI is InChI=1S/C20H23ClN2O.ClH/c21-17-8-4-7-16(13-17)20(14-22)11-9-18(10-12-20)23-19(24)15-5-2-1-3-6-15;/h1-8,13,18H,9-12,14,22H2,(H,23,24);1H. The van der Waals surface area contributed by atoms with Crippen LogP contribution in [0.15, 0.2) is 54.6 Å². The Kier molecular flexibility index (Phi) is 6.88. The minimum Gasteiger partial charge on any atom is -0.349 e. The molecule has 1 fully saturated rings. The van der Waals surface area contributed by atoms with Crippen molar-refractivity contribution in [2.24, 2.45) is 5.73 Å². The summed E-state index contributed by atoms with van der Waals surface area (Å²) in [5.41, 5.74) is 8.02. The second kappa shape index (κ2) is 8.70. The van der Waals surface area contributed by atoms with E-state index in [1.165, 1.54) is 5.56 Å². The van der Waals surface area contributed by atoms with Crippen molar-refractivity contribution in [2.75, 3.05) is 6.54 Å². The zero-order chi connectivity index (χ0) is 17.0. The Bertz CT molecular complexity index is 698. The molecule has 0 aromatic heterocycles. The molecule has 0 saturated heterocycles. The topological polar surface area (TPSA) is 55.1 Å². The van der Waals surface area contributed by atoms with Gasteiger partial charge in [0.25, 0.3) is 5.91 Å². The second-order valence-electron chi connectivity index (χ2n) is 6.61. The van der Waals surface area contributed by atoms with E-state index in [4.69, 9.17) is 17.3 Å². The largest absolute Gasteiger partial charge is 0.349 e. The Morgan fingerprint density at radius 3 is 2.40 bits per heavy atom.